The van der Waals surface area contributed by atoms with Gasteiger partial charge in [0, 0.05) is 0 Å². The normalized spacial score (nSPS) is 8.55. The number of hydrogen-bond donors (Lipinski definition) is 0. The topological polar surface area (TPSA) is 77.5 Å². The molecule has 7 heteroatoms. The molecule has 0 unspecified atom stereocenters. The van der Waals surface area contributed by atoms with Gasteiger partial charge in [-0.05, 0) is 23.2 Å². The van der Waals surface area contributed by atoms with Crippen molar-refractivity contribution >= 4 is 45.6 Å². The lowest BCUT2D eigenvalue weighted by Crippen LogP contribution is -2.20. The van der Waals surface area contributed by atoms with Crippen molar-refractivity contribution in [1.29, 1.82) is 0 Å². The van der Waals surface area contributed by atoms with Gasteiger partial charge in [-0.2, -0.15) is 0 Å². The van der Waals surface area contributed by atoms with E-state index in [0.29, 0.717) is 0 Å². The predicted octanol–water partition coefficient (Wildman–Crippen LogP) is -0.413. The second kappa shape index (κ2) is 4.05. The Kier molecular flexibility index (Phi) is 3.70. The SMILES string of the molecule is O=C(Cl)C(=O)OC(=O)C(=O)Cl. The van der Waals surface area contributed by atoms with E-state index in [-0.39, 0.29) is 0 Å². The Balaban J connectivity index is 4.07. The van der Waals surface area contributed by atoms with E-state index in [0.717, 1.165) is 0 Å². The second-order valence-electron chi connectivity index (χ2n) is 1.22. The minimum atomic E-state index is -1.63. The molecule has 0 aromatic carbocycles. The molecule has 0 aromatic heterocycles. The van der Waals surface area contributed by atoms with E-state index in [1.54, 1.807) is 0 Å². The predicted molar refractivity (Wildman–Crippen MR) is 32.8 cm³/mol. The van der Waals surface area contributed by atoms with Gasteiger partial charge in [-0.1, -0.05) is 0 Å². The average molecular weight is 199 g/mol. The first-order valence-corrected chi connectivity index (χ1v) is 2.86. The lowest BCUT2D eigenvalue weighted by molar-refractivity contribution is -0.164. The number of rotatable bonds is 2. The van der Waals surface area contributed by atoms with Crippen LogP contribution in [0.1, 0.15) is 0 Å². The molecule has 0 heterocycles. The van der Waals surface area contributed by atoms with Gasteiger partial charge < -0.3 is 4.74 Å². The van der Waals surface area contributed by atoms with Crippen molar-refractivity contribution < 1.29 is 23.9 Å². The van der Waals surface area contributed by atoms with E-state index in [4.69, 9.17) is 0 Å². The second-order valence-corrected chi connectivity index (χ2v) is 1.91. The van der Waals surface area contributed by atoms with Crippen LogP contribution in [0.25, 0.3) is 0 Å². The van der Waals surface area contributed by atoms with Crippen LogP contribution in [-0.4, -0.2) is 22.4 Å². The summed E-state index contributed by atoms with van der Waals surface area (Å²) in [5, 5.41) is -3.01. The Hall–Kier alpha value is -0.940. The number of halogens is 2. The molecule has 0 N–H and O–H groups in total. The van der Waals surface area contributed by atoms with E-state index >= 15 is 0 Å². The number of hydrogen-bond acceptors (Lipinski definition) is 5. The van der Waals surface area contributed by atoms with Crippen molar-refractivity contribution in [3.05, 3.63) is 0 Å². The van der Waals surface area contributed by atoms with Gasteiger partial charge in [-0.15, -0.1) is 0 Å². The molecule has 0 rings (SSSR count). The summed E-state index contributed by atoms with van der Waals surface area (Å²) >= 11 is 9.11. The Morgan fingerprint density at radius 1 is 0.818 bits per heavy atom. The molecular weight excluding hydrogens is 199 g/mol. The number of ether oxygens (including phenoxy) is 1. The lowest BCUT2D eigenvalue weighted by atomic mass is 10.7. The molecule has 0 aliphatic heterocycles. The van der Waals surface area contributed by atoms with Crippen molar-refractivity contribution in [3.8, 4) is 0 Å². The first kappa shape index (κ1) is 10.1. The van der Waals surface area contributed by atoms with Crippen LogP contribution in [-0.2, 0) is 23.9 Å². The molecule has 0 aliphatic rings. The zero-order chi connectivity index (χ0) is 9.02. The highest BCUT2D eigenvalue weighted by molar-refractivity contribution is 6.83. The van der Waals surface area contributed by atoms with E-state index in [9.17, 15) is 19.2 Å². The molecule has 0 saturated heterocycles. The Bertz CT molecular complexity index is 209. The first-order valence-electron chi connectivity index (χ1n) is 2.10. The van der Waals surface area contributed by atoms with Gasteiger partial charge in [-0.3, -0.25) is 9.59 Å². The van der Waals surface area contributed by atoms with Crippen molar-refractivity contribution in [2.75, 3.05) is 0 Å². The zero-order valence-corrected chi connectivity index (χ0v) is 6.31. The van der Waals surface area contributed by atoms with Crippen LogP contribution in [0.3, 0.4) is 0 Å². The van der Waals surface area contributed by atoms with Crippen molar-refractivity contribution in [3.63, 3.8) is 0 Å². The summed E-state index contributed by atoms with van der Waals surface area (Å²) in [4.78, 5) is 40.0. The van der Waals surface area contributed by atoms with Crippen molar-refractivity contribution in [2.24, 2.45) is 0 Å². The highest BCUT2D eigenvalue weighted by Gasteiger charge is 2.21. The molecule has 60 valence electrons. The van der Waals surface area contributed by atoms with Crippen LogP contribution < -0.4 is 0 Å². The molecule has 0 aromatic rings. The number of carbonyl (C=O) groups excluding carboxylic acids is 4. The zero-order valence-electron chi connectivity index (χ0n) is 4.80. The van der Waals surface area contributed by atoms with E-state index in [2.05, 4.69) is 27.9 Å². The minimum Gasteiger partial charge on any atom is -0.379 e. The lowest BCUT2D eigenvalue weighted by Gasteiger charge is -1.91. The standard InChI is InChI=1S/C4Cl2O5/c5-1(7)3(9)11-4(10)2(6)8. The van der Waals surface area contributed by atoms with Gasteiger partial charge in [-0.25, -0.2) is 9.59 Å². The van der Waals surface area contributed by atoms with Crippen LogP contribution in [0.2, 0.25) is 0 Å². The molecule has 0 spiro atoms. The van der Waals surface area contributed by atoms with Crippen molar-refractivity contribution in [2.45, 2.75) is 0 Å². The van der Waals surface area contributed by atoms with Crippen LogP contribution in [0.4, 0.5) is 0 Å². The molecular formula is C4Cl2O5. The molecule has 0 atom stereocenters. The van der Waals surface area contributed by atoms with Gasteiger partial charge in [0.05, 0.1) is 0 Å². The van der Waals surface area contributed by atoms with E-state index in [1.165, 1.54) is 0 Å². The number of esters is 2. The third-order valence-electron chi connectivity index (χ3n) is 0.506. The highest BCUT2D eigenvalue weighted by atomic mass is 35.5. The molecule has 0 saturated carbocycles. The summed E-state index contributed by atoms with van der Waals surface area (Å²) < 4.78 is 3.53. The van der Waals surface area contributed by atoms with Gasteiger partial charge in [0.2, 0.25) is 0 Å². The summed E-state index contributed by atoms with van der Waals surface area (Å²) in [6.45, 7) is 0. The average Bonchev–Trinajstić information content (AvgIpc) is 1.87. The maximum absolute atomic E-state index is 10.1. The first-order chi connectivity index (χ1) is 4.95. The quantitative estimate of drug-likeness (QED) is 0.261. The van der Waals surface area contributed by atoms with Crippen LogP contribution >= 0.6 is 23.2 Å². The summed E-state index contributed by atoms with van der Waals surface area (Å²) in [5.74, 6) is -3.27. The van der Waals surface area contributed by atoms with Gasteiger partial charge in [0.1, 0.15) is 0 Å². The fraction of sp³-hybridized carbons (Fsp3) is 0. The highest BCUT2D eigenvalue weighted by Crippen LogP contribution is 1.90. The maximum atomic E-state index is 10.1. The smallest absolute Gasteiger partial charge is 0.379 e. The maximum Gasteiger partial charge on any atom is 0.399 e. The summed E-state index contributed by atoms with van der Waals surface area (Å²) in [5.41, 5.74) is 0. The van der Waals surface area contributed by atoms with E-state index < -0.39 is 22.4 Å². The van der Waals surface area contributed by atoms with E-state index in [1.807, 2.05) is 0 Å². The minimum absolute atomic E-state index is 1.50. The number of carbonyl (C=O) groups is 4. The van der Waals surface area contributed by atoms with Crippen molar-refractivity contribution in [1.82, 2.24) is 0 Å². The molecule has 0 amide bonds. The molecule has 0 radical (unpaired) electrons. The summed E-state index contributed by atoms with van der Waals surface area (Å²) in [6.07, 6.45) is 0. The Morgan fingerprint density at radius 2 is 1.09 bits per heavy atom. The van der Waals surface area contributed by atoms with Crippen LogP contribution in [0, 0.1) is 0 Å². The molecule has 11 heavy (non-hydrogen) atoms. The monoisotopic (exact) mass is 198 g/mol. The molecule has 0 aliphatic carbocycles. The largest absolute Gasteiger partial charge is 0.399 e. The van der Waals surface area contributed by atoms with Crippen LogP contribution in [0.15, 0.2) is 0 Å². The molecule has 0 fully saturated rings. The molecule has 5 nitrogen and oxygen atoms in total. The van der Waals surface area contributed by atoms with Gasteiger partial charge in [0.25, 0.3) is 0 Å². The van der Waals surface area contributed by atoms with Crippen LogP contribution in [0.5, 0.6) is 0 Å². The fourth-order valence-electron chi connectivity index (χ4n) is 0.164. The third-order valence-corrected chi connectivity index (χ3v) is 0.815. The molecule has 0 bridgehead atoms. The van der Waals surface area contributed by atoms with Gasteiger partial charge in [0.15, 0.2) is 0 Å². The Labute approximate surface area is 70.2 Å². The Morgan fingerprint density at radius 3 is 1.27 bits per heavy atom. The fourth-order valence-corrected chi connectivity index (χ4v) is 0.242. The van der Waals surface area contributed by atoms with Gasteiger partial charge >= 0.3 is 22.4 Å². The third kappa shape index (κ3) is 3.69. The summed E-state index contributed by atoms with van der Waals surface area (Å²) in [6, 6.07) is 0. The summed E-state index contributed by atoms with van der Waals surface area (Å²) in [7, 11) is 0.